The van der Waals surface area contributed by atoms with Crippen molar-refractivity contribution in [2.75, 3.05) is 11.1 Å². The Bertz CT molecular complexity index is 686. The van der Waals surface area contributed by atoms with Crippen molar-refractivity contribution in [2.24, 2.45) is 7.05 Å². The normalized spacial score (nSPS) is 10.5. The van der Waals surface area contributed by atoms with E-state index in [1.165, 1.54) is 15.6 Å². The molecule has 2 aromatic rings. The first kappa shape index (κ1) is 13.9. The van der Waals surface area contributed by atoms with Gasteiger partial charge in [0.25, 0.3) is 0 Å². The molecule has 0 radical (unpaired) electrons. The highest BCUT2D eigenvalue weighted by Gasteiger charge is 2.08. The Hall–Kier alpha value is -2.57. The molecular formula is C13H17N5O2. The lowest BCUT2D eigenvalue weighted by Crippen LogP contribution is -2.25. The lowest BCUT2D eigenvalue weighted by Gasteiger charge is -2.09. The van der Waals surface area contributed by atoms with E-state index in [4.69, 9.17) is 5.73 Å². The van der Waals surface area contributed by atoms with Crippen molar-refractivity contribution >= 4 is 17.3 Å². The molecule has 0 saturated carbocycles. The largest absolute Gasteiger partial charge is 0.398 e. The molecule has 0 aliphatic rings. The van der Waals surface area contributed by atoms with Crippen molar-refractivity contribution in [3.8, 4) is 0 Å². The highest BCUT2D eigenvalue weighted by atomic mass is 16.2. The minimum Gasteiger partial charge on any atom is -0.398 e. The summed E-state index contributed by atoms with van der Waals surface area (Å²) in [6, 6.07) is 5.34. The topological polar surface area (TPSA) is 94.9 Å². The standard InChI is InChI=1S/C13H17N5O2/c1-9-10(14)4-3-5-11(9)16-12(19)6-7-18-13(20)17(2)8-15-18/h3-5,8H,6-7,14H2,1-2H3,(H,16,19). The van der Waals surface area contributed by atoms with Gasteiger partial charge in [0.05, 0.1) is 6.54 Å². The summed E-state index contributed by atoms with van der Waals surface area (Å²) >= 11 is 0. The Morgan fingerprint density at radius 2 is 2.20 bits per heavy atom. The molecule has 1 aromatic heterocycles. The number of nitrogen functional groups attached to an aromatic ring is 1. The van der Waals surface area contributed by atoms with Crippen LogP contribution < -0.4 is 16.7 Å². The van der Waals surface area contributed by atoms with Crippen molar-refractivity contribution in [1.29, 1.82) is 0 Å². The van der Waals surface area contributed by atoms with E-state index in [0.717, 1.165) is 5.56 Å². The van der Waals surface area contributed by atoms with Gasteiger partial charge >= 0.3 is 5.69 Å². The predicted octanol–water partition coefficient (Wildman–Crippen LogP) is 0.501. The van der Waals surface area contributed by atoms with Gasteiger partial charge in [-0.05, 0) is 24.6 Å². The van der Waals surface area contributed by atoms with Crippen LogP contribution in [0.1, 0.15) is 12.0 Å². The third kappa shape index (κ3) is 2.87. The van der Waals surface area contributed by atoms with Crippen LogP contribution in [0.25, 0.3) is 0 Å². The molecule has 0 aliphatic heterocycles. The molecule has 3 N–H and O–H groups in total. The molecule has 20 heavy (non-hydrogen) atoms. The fourth-order valence-corrected chi connectivity index (χ4v) is 1.78. The van der Waals surface area contributed by atoms with Gasteiger partial charge in [-0.3, -0.25) is 9.36 Å². The summed E-state index contributed by atoms with van der Waals surface area (Å²) in [4.78, 5) is 23.4. The molecule has 1 aromatic carbocycles. The number of hydrogen-bond acceptors (Lipinski definition) is 4. The maximum atomic E-state index is 11.9. The van der Waals surface area contributed by atoms with E-state index in [2.05, 4.69) is 10.4 Å². The van der Waals surface area contributed by atoms with Crippen LogP contribution in [-0.4, -0.2) is 20.3 Å². The van der Waals surface area contributed by atoms with E-state index >= 15 is 0 Å². The first-order valence-electron chi connectivity index (χ1n) is 6.22. The second kappa shape index (κ2) is 5.60. The van der Waals surface area contributed by atoms with Crippen LogP contribution in [-0.2, 0) is 18.4 Å². The summed E-state index contributed by atoms with van der Waals surface area (Å²) in [7, 11) is 1.61. The van der Waals surface area contributed by atoms with Gasteiger partial charge in [0.1, 0.15) is 6.33 Å². The number of aromatic nitrogens is 3. The summed E-state index contributed by atoms with van der Waals surface area (Å²) in [5.74, 6) is -0.184. The van der Waals surface area contributed by atoms with Gasteiger partial charge in [0.15, 0.2) is 0 Å². The molecule has 2 rings (SSSR count). The number of nitrogens with two attached hydrogens (primary N) is 1. The minimum atomic E-state index is -0.238. The Kier molecular flexibility index (Phi) is 3.88. The highest BCUT2D eigenvalue weighted by molar-refractivity contribution is 5.92. The molecule has 1 amide bonds. The van der Waals surface area contributed by atoms with Crippen molar-refractivity contribution < 1.29 is 4.79 Å². The van der Waals surface area contributed by atoms with Gasteiger partial charge in [-0.15, -0.1) is 0 Å². The molecule has 7 nitrogen and oxygen atoms in total. The number of amides is 1. The average Bonchev–Trinajstić information content (AvgIpc) is 2.73. The highest BCUT2D eigenvalue weighted by Crippen LogP contribution is 2.20. The van der Waals surface area contributed by atoms with Crippen molar-refractivity contribution in [3.05, 3.63) is 40.6 Å². The van der Waals surface area contributed by atoms with Gasteiger partial charge in [0, 0.05) is 24.8 Å². The molecule has 0 bridgehead atoms. The average molecular weight is 275 g/mol. The zero-order chi connectivity index (χ0) is 14.7. The molecule has 0 spiro atoms. The van der Waals surface area contributed by atoms with Crippen molar-refractivity contribution in [3.63, 3.8) is 0 Å². The molecule has 0 unspecified atom stereocenters. The molecule has 0 fully saturated rings. The SMILES string of the molecule is Cc1c(N)cccc1NC(=O)CCn1ncn(C)c1=O. The second-order valence-electron chi connectivity index (χ2n) is 4.57. The third-order valence-corrected chi connectivity index (χ3v) is 3.09. The van der Waals surface area contributed by atoms with Gasteiger partial charge in [0.2, 0.25) is 5.91 Å². The predicted molar refractivity (Wildman–Crippen MR) is 76.3 cm³/mol. The van der Waals surface area contributed by atoms with Crippen LogP contribution >= 0.6 is 0 Å². The number of rotatable bonds is 4. The molecule has 0 atom stereocenters. The summed E-state index contributed by atoms with van der Waals surface area (Å²) in [6.07, 6.45) is 1.59. The van der Waals surface area contributed by atoms with Crippen LogP contribution in [0, 0.1) is 6.92 Å². The quantitative estimate of drug-likeness (QED) is 0.794. The van der Waals surface area contributed by atoms with Crippen LogP contribution in [0.4, 0.5) is 11.4 Å². The fraction of sp³-hybridized carbons (Fsp3) is 0.308. The zero-order valence-corrected chi connectivity index (χ0v) is 11.5. The monoisotopic (exact) mass is 275 g/mol. The smallest absolute Gasteiger partial charge is 0.345 e. The summed E-state index contributed by atoms with van der Waals surface area (Å²) in [6.45, 7) is 2.08. The number of hydrogen-bond donors (Lipinski definition) is 2. The zero-order valence-electron chi connectivity index (χ0n) is 11.5. The second-order valence-corrected chi connectivity index (χ2v) is 4.57. The van der Waals surface area contributed by atoms with E-state index in [0.29, 0.717) is 11.4 Å². The number of benzene rings is 1. The maximum Gasteiger partial charge on any atom is 0.345 e. The Balaban J connectivity index is 1.98. The van der Waals surface area contributed by atoms with Crippen LogP contribution in [0.2, 0.25) is 0 Å². The third-order valence-electron chi connectivity index (χ3n) is 3.09. The van der Waals surface area contributed by atoms with E-state index < -0.39 is 0 Å². The molecule has 7 heteroatoms. The molecule has 1 heterocycles. The summed E-state index contributed by atoms with van der Waals surface area (Å²) in [5, 5.41) is 6.67. The van der Waals surface area contributed by atoms with Crippen molar-refractivity contribution in [1.82, 2.24) is 14.3 Å². The lowest BCUT2D eigenvalue weighted by molar-refractivity contribution is -0.116. The van der Waals surface area contributed by atoms with E-state index in [1.54, 1.807) is 25.2 Å². The van der Waals surface area contributed by atoms with Crippen LogP contribution in [0.3, 0.4) is 0 Å². The van der Waals surface area contributed by atoms with Gasteiger partial charge < -0.3 is 11.1 Å². The number of nitrogens with zero attached hydrogens (tertiary/aromatic N) is 3. The molecule has 0 aliphatic carbocycles. The Morgan fingerprint density at radius 1 is 1.45 bits per heavy atom. The number of carbonyl (C=O) groups is 1. The van der Waals surface area contributed by atoms with Gasteiger partial charge in [-0.2, -0.15) is 5.10 Å². The number of aryl methyl sites for hydroxylation is 2. The number of carbonyl (C=O) groups excluding carboxylic acids is 1. The van der Waals surface area contributed by atoms with Crippen LogP contribution in [0.15, 0.2) is 29.3 Å². The first-order chi connectivity index (χ1) is 9.49. The lowest BCUT2D eigenvalue weighted by atomic mass is 10.1. The maximum absolute atomic E-state index is 11.9. The first-order valence-corrected chi connectivity index (χ1v) is 6.22. The number of anilines is 2. The summed E-state index contributed by atoms with van der Waals surface area (Å²) < 4.78 is 2.62. The molecule has 0 saturated heterocycles. The summed E-state index contributed by atoms with van der Waals surface area (Å²) in [5.41, 5.74) is 7.68. The van der Waals surface area contributed by atoms with E-state index in [-0.39, 0.29) is 24.6 Å². The van der Waals surface area contributed by atoms with Crippen molar-refractivity contribution in [2.45, 2.75) is 19.9 Å². The van der Waals surface area contributed by atoms with Crippen LogP contribution in [0.5, 0.6) is 0 Å². The molecular weight excluding hydrogens is 258 g/mol. The fourth-order valence-electron chi connectivity index (χ4n) is 1.78. The van der Waals surface area contributed by atoms with Gasteiger partial charge in [-0.1, -0.05) is 6.07 Å². The minimum absolute atomic E-state index is 0.172. The Morgan fingerprint density at radius 3 is 2.85 bits per heavy atom. The van der Waals surface area contributed by atoms with Gasteiger partial charge in [-0.25, -0.2) is 9.48 Å². The Labute approximate surface area is 116 Å². The molecule has 106 valence electrons. The number of nitrogens with one attached hydrogen (secondary N) is 1. The van der Waals surface area contributed by atoms with E-state index in [9.17, 15) is 9.59 Å². The van der Waals surface area contributed by atoms with E-state index in [1.807, 2.05) is 6.92 Å².